The fourth-order valence-electron chi connectivity index (χ4n) is 1.79. The number of nitrogen functional groups attached to an aromatic ring is 1. The molecule has 1 aromatic heterocycles. The molecule has 0 aliphatic carbocycles. The van der Waals surface area contributed by atoms with Crippen molar-refractivity contribution in [3.8, 4) is 0 Å². The van der Waals surface area contributed by atoms with Crippen LogP contribution in [0.3, 0.4) is 0 Å². The van der Waals surface area contributed by atoms with Gasteiger partial charge in [-0.15, -0.1) is 0 Å². The zero-order chi connectivity index (χ0) is 12.8. The molecule has 4 heteroatoms. The van der Waals surface area contributed by atoms with Gasteiger partial charge in [-0.05, 0) is 37.6 Å². The Morgan fingerprint density at radius 3 is 2.76 bits per heavy atom. The van der Waals surface area contributed by atoms with Crippen LogP contribution in [0.2, 0.25) is 0 Å². The number of hydrogen-bond donors (Lipinski definition) is 2. The van der Waals surface area contributed by atoms with Crippen LogP contribution in [0, 0.1) is 5.41 Å². The van der Waals surface area contributed by atoms with Crippen LogP contribution in [0.4, 0.5) is 0 Å². The lowest BCUT2D eigenvalue weighted by atomic mass is 10.1. The molecule has 1 aromatic rings. The molecule has 1 heterocycles. The van der Waals surface area contributed by atoms with E-state index in [1.807, 2.05) is 12.1 Å². The highest BCUT2D eigenvalue weighted by Crippen LogP contribution is 2.10. The summed E-state index contributed by atoms with van der Waals surface area (Å²) in [5.41, 5.74) is 7.16. The molecule has 17 heavy (non-hydrogen) atoms. The fraction of sp³-hybridized carbons (Fsp3) is 0.538. The van der Waals surface area contributed by atoms with Crippen molar-refractivity contribution < 1.29 is 0 Å². The Morgan fingerprint density at radius 1 is 1.53 bits per heavy atom. The molecule has 0 aliphatic rings. The van der Waals surface area contributed by atoms with Crippen molar-refractivity contribution in [3.63, 3.8) is 0 Å². The zero-order valence-electron chi connectivity index (χ0n) is 10.9. The largest absolute Gasteiger partial charge is 0.382 e. The Balaban J connectivity index is 2.79. The monoisotopic (exact) mass is 234 g/mol. The number of nitrogens with two attached hydrogens (primary N) is 1. The number of hydrogen-bond acceptors (Lipinski definition) is 3. The van der Waals surface area contributed by atoms with Crippen LogP contribution in [-0.4, -0.2) is 28.3 Å². The predicted molar refractivity (Wildman–Crippen MR) is 71.1 cm³/mol. The van der Waals surface area contributed by atoms with Crippen LogP contribution in [0.25, 0.3) is 0 Å². The summed E-state index contributed by atoms with van der Waals surface area (Å²) in [6.07, 6.45) is 2.86. The van der Waals surface area contributed by atoms with Crippen LogP contribution in [0.5, 0.6) is 0 Å². The first kappa shape index (κ1) is 13.6. The molecule has 0 bridgehead atoms. The van der Waals surface area contributed by atoms with E-state index in [0.29, 0.717) is 11.7 Å². The summed E-state index contributed by atoms with van der Waals surface area (Å²) in [6, 6.07) is 4.44. The normalized spacial score (nSPS) is 12.7. The van der Waals surface area contributed by atoms with Crippen LogP contribution in [0.15, 0.2) is 18.3 Å². The van der Waals surface area contributed by atoms with Crippen molar-refractivity contribution in [2.75, 3.05) is 6.54 Å². The van der Waals surface area contributed by atoms with Gasteiger partial charge in [-0.2, -0.15) is 0 Å². The van der Waals surface area contributed by atoms with E-state index in [-0.39, 0.29) is 5.84 Å². The molecule has 1 rings (SSSR count). The van der Waals surface area contributed by atoms with Gasteiger partial charge in [0, 0.05) is 18.8 Å². The van der Waals surface area contributed by atoms with Crippen LogP contribution >= 0.6 is 0 Å². The third-order valence-corrected chi connectivity index (χ3v) is 3.11. The summed E-state index contributed by atoms with van der Waals surface area (Å²) in [4.78, 5) is 6.47. The van der Waals surface area contributed by atoms with E-state index in [0.717, 1.165) is 25.1 Å². The maximum atomic E-state index is 7.38. The van der Waals surface area contributed by atoms with E-state index in [1.165, 1.54) is 0 Å². The first-order valence-electron chi connectivity index (χ1n) is 6.11. The molecule has 0 spiro atoms. The summed E-state index contributed by atoms with van der Waals surface area (Å²) in [5, 5.41) is 7.38. The Hall–Kier alpha value is -1.42. The molecule has 0 saturated carbocycles. The number of nitrogens with one attached hydrogen (secondary N) is 1. The van der Waals surface area contributed by atoms with Crippen LogP contribution in [0.1, 0.15) is 38.4 Å². The lowest BCUT2D eigenvalue weighted by molar-refractivity contribution is 0.206. The van der Waals surface area contributed by atoms with Gasteiger partial charge in [0.2, 0.25) is 0 Å². The van der Waals surface area contributed by atoms with Gasteiger partial charge in [-0.3, -0.25) is 15.3 Å². The number of nitrogens with zero attached hydrogens (tertiary/aromatic N) is 2. The van der Waals surface area contributed by atoms with Crippen molar-refractivity contribution in [1.82, 2.24) is 9.88 Å². The minimum Gasteiger partial charge on any atom is -0.382 e. The first-order chi connectivity index (χ1) is 8.08. The summed E-state index contributed by atoms with van der Waals surface area (Å²) in [7, 11) is 0. The fourth-order valence-corrected chi connectivity index (χ4v) is 1.79. The summed E-state index contributed by atoms with van der Waals surface area (Å²) in [5.74, 6) is 0.0263. The molecule has 0 aliphatic heterocycles. The van der Waals surface area contributed by atoms with Gasteiger partial charge in [-0.1, -0.05) is 13.8 Å². The van der Waals surface area contributed by atoms with Gasteiger partial charge in [-0.25, -0.2) is 0 Å². The number of rotatable bonds is 6. The second kappa shape index (κ2) is 6.35. The lowest BCUT2D eigenvalue weighted by Crippen LogP contribution is -2.31. The highest BCUT2D eigenvalue weighted by Gasteiger charge is 2.11. The van der Waals surface area contributed by atoms with Gasteiger partial charge in [0.15, 0.2) is 0 Å². The highest BCUT2D eigenvalue weighted by molar-refractivity contribution is 5.93. The second-order valence-electron chi connectivity index (χ2n) is 4.28. The molecule has 0 fully saturated rings. The van der Waals surface area contributed by atoms with E-state index in [4.69, 9.17) is 11.1 Å². The van der Waals surface area contributed by atoms with Crippen LogP contribution < -0.4 is 5.73 Å². The van der Waals surface area contributed by atoms with Gasteiger partial charge in [0.05, 0.1) is 0 Å². The summed E-state index contributed by atoms with van der Waals surface area (Å²) < 4.78 is 0. The molecule has 94 valence electrons. The third-order valence-electron chi connectivity index (χ3n) is 3.11. The van der Waals surface area contributed by atoms with E-state index in [9.17, 15) is 0 Å². The molecule has 0 saturated heterocycles. The lowest BCUT2D eigenvalue weighted by Gasteiger charge is -2.27. The van der Waals surface area contributed by atoms with Gasteiger partial charge in [0.25, 0.3) is 0 Å². The average molecular weight is 234 g/mol. The van der Waals surface area contributed by atoms with Gasteiger partial charge in [0.1, 0.15) is 11.5 Å². The second-order valence-corrected chi connectivity index (χ2v) is 4.28. The first-order valence-corrected chi connectivity index (χ1v) is 6.11. The molecule has 1 unspecified atom stereocenters. The number of amidine groups is 1. The van der Waals surface area contributed by atoms with E-state index >= 15 is 0 Å². The Kier molecular flexibility index (Phi) is 5.10. The topological polar surface area (TPSA) is 66.0 Å². The minimum absolute atomic E-state index is 0.0263. The molecular formula is C13H22N4. The molecule has 1 atom stereocenters. The standard InChI is InChI=1S/C13H22N4/c1-4-10(3)17(5-2)9-11-6-7-16-12(8-11)13(14)15/h6-8,10H,4-5,9H2,1-3H3,(H3,14,15). The molecule has 0 aromatic carbocycles. The van der Waals surface area contributed by atoms with E-state index in [1.54, 1.807) is 6.20 Å². The maximum absolute atomic E-state index is 7.38. The smallest absolute Gasteiger partial charge is 0.141 e. The average Bonchev–Trinajstić information content (AvgIpc) is 2.35. The molecule has 0 radical (unpaired) electrons. The van der Waals surface area contributed by atoms with Crippen molar-refractivity contribution in [1.29, 1.82) is 5.41 Å². The van der Waals surface area contributed by atoms with Crippen molar-refractivity contribution >= 4 is 5.84 Å². The SMILES string of the molecule is CCC(C)N(CC)Cc1ccnc(C(=N)N)c1. The number of aromatic nitrogens is 1. The van der Waals surface area contributed by atoms with E-state index < -0.39 is 0 Å². The molecule has 0 amide bonds. The van der Waals surface area contributed by atoms with E-state index in [2.05, 4.69) is 30.7 Å². The highest BCUT2D eigenvalue weighted by atomic mass is 15.1. The Morgan fingerprint density at radius 2 is 2.24 bits per heavy atom. The van der Waals surface area contributed by atoms with Crippen LogP contribution in [-0.2, 0) is 6.54 Å². The zero-order valence-corrected chi connectivity index (χ0v) is 10.9. The quantitative estimate of drug-likeness (QED) is 0.584. The molecule has 3 N–H and O–H groups in total. The third kappa shape index (κ3) is 3.82. The summed E-state index contributed by atoms with van der Waals surface area (Å²) >= 11 is 0. The predicted octanol–water partition coefficient (Wildman–Crippen LogP) is 1.99. The maximum Gasteiger partial charge on any atom is 0.141 e. The minimum atomic E-state index is 0.0263. The Labute approximate surface area is 103 Å². The molecular weight excluding hydrogens is 212 g/mol. The number of pyridine rings is 1. The van der Waals surface area contributed by atoms with Crippen molar-refractivity contribution in [2.45, 2.75) is 39.8 Å². The molecule has 4 nitrogen and oxygen atoms in total. The van der Waals surface area contributed by atoms with Crippen molar-refractivity contribution in [2.24, 2.45) is 5.73 Å². The van der Waals surface area contributed by atoms with Gasteiger partial charge < -0.3 is 5.73 Å². The van der Waals surface area contributed by atoms with Gasteiger partial charge >= 0.3 is 0 Å². The Bertz CT molecular complexity index is 375. The van der Waals surface area contributed by atoms with Crippen molar-refractivity contribution in [3.05, 3.63) is 29.6 Å². The summed E-state index contributed by atoms with van der Waals surface area (Å²) in [6.45, 7) is 8.50.